The predicted molar refractivity (Wildman–Crippen MR) is 165 cm³/mol. The Balaban J connectivity index is 2.11. The van der Waals surface area contributed by atoms with Gasteiger partial charge in [-0.25, -0.2) is 0 Å². The molecule has 0 spiro atoms. The van der Waals surface area contributed by atoms with Crippen LogP contribution in [-0.4, -0.2) is 66.8 Å². The number of thioether (sulfide) groups is 1. The third-order valence-corrected chi connectivity index (χ3v) is 7.98. The number of thiocarbonyl (C=S) groups is 1. The van der Waals surface area contributed by atoms with Crippen LogP contribution in [0, 0.1) is 0 Å². The second-order valence-corrected chi connectivity index (χ2v) is 13.0. The van der Waals surface area contributed by atoms with E-state index in [1.165, 1.54) is 25.8 Å². The minimum Gasteiger partial charge on any atom is -0.479 e. The van der Waals surface area contributed by atoms with Crippen molar-refractivity contribution in [1.82, 2.24) is 0 Å². The number of Topliss-reactive ketones (excluding diaryl/α,β-unsaturated/α-hetero) is 1. The van der Waals surface area contributed by atoms with Crippen molar-refractivity contribution in [3.05, 3.63) is 35.9 Å². The van der Waals surface area contributed by atoms with Crippen molar-refractivity contribution in [2.24, 2.45) is 0 Å². The number of esters is 1. The van der Waals surface area contributed by atoms with Crippen LogP contribution in [-0.2, 0) is 14.3 Å². The van der Waals surface area contributed by atoms with Gasteiger partial charge in [-0.1, -0.05) is 74.2 Å². The predicted octanol–water partition coefficient (Wildman–Crippen LogP) is 8.00. The van der Waals surface area contributed by atoms with Gasteiger partial charge in [-0.05, 0) is 64.1 Å². The lowest BCUT2D eigenvalue weighted by Gasteiger charge is -2.23. The zero-order valence-electron chi connectivity index (χ0n) is 24.4. The number of carbonyl (C=O) groups excluding carboxylic acids is 2. The number of ether oxygens (including phenoxy) is 2. The molecule has 0 saturated heterocycles. The second kappa shape index (κ2) is 21.4. The average Bonchev–Trinajstić information content (AvgIpc) is 2.87. The zero-order chi connectivity index (χ0) is 28.1. The van der Waals surface area contributed by atoms with Gasteiger partial charge >= 0.3 is 5.97 Å². The summed E-state index contributed by atoms with van der Waals surface area (Å²) in [4.78, 5) is 24.5. The van der Waals surface area contributed by atoms with E-state index in [-0.39, 0.29) is 11.8 Å². The van der Waals surface area contributed by atoms with Crippen LogP contribution < -0.4 is 0 Å². The number of hydrogen-bond donors (Lipinski definition) is 0. The summed E-state index contributed by atoms with van der Waals surface area (Å²) in [7, 11) is 6.66. The minimum atomic E-state index is -0.0495. The van der Waals surface area contributed by atoms with Crippen molar-refractivity contribution < 1.29 is 23.5 Å². The number of hydrogen-bond acceptors (Lipinski definition) is 6. The molecule has 0 N–H and O–H groups in total. The number of benzene rings is 1. The molecule has 0 aliphatic rings. The van der Waals surface area contributed by atoms with Gasteiger partial charge in [0.25, 0.3) is 0 Å². The van der Waals surface area contributed by atoms with E-state index >= 15 is 0 Å². The molecular weight excluding hydrogens is 514 g/mol. The number of carbonyl (C=O) groups is 2. The van der Waals surface area contributed by atoms with Gasteiger partial charge in [-0.15, -0.1) is 0 Å². The van der Waals surface area contributed by atoms with Crippen molar-refractivity contribution >= 4 is 40.1 Å². The average molecular weight is 567 g/mol. The third-order valence-electron chi connectivity index (χ3n) is 6.46. The molecule has 0 amide bonds. The number of ketones is 1. The molecule has 1 aromatic carbocycles. The Hall–Kier alpha value is -1.44. The highest BCUT2D eigenvalue weighted by Gasteiger charge is 2.16. The van der Waals surface area contributed by atoms with Gasteiger partial charge in [0.15, 0.2) is 5.78 Å². The summed E-state index contributed by atoms with van der Waals surface area (Å²) in [5.41, 5.74) is 0.776. The summed E-state index contributed by atoms with van der Waals surface area (Å²) in [6.45, 7) is 4.27. The van der Waals surface area contributed by atoms with E-state index in [2.05, 4.69) is 21.1 Å². The molecule has 1 rings (SSSR count). The van der Waals surface area contributed by atoms with Crippen LogP contribution in [0.4, 0.5) is 0 Å². The number of unbranched alkanes of at least 4 members (excludes halogenated alkanes) is 8. The Morgan fingerprint density at radius 2 is 1.45 bits per heavy atom. The molecule has 0 bridgehead atoms. The van der Waals surface area contributed by atoms with E-state index in [1.54, 1.807) is 11.8 Å². The second-order valence-electron chi connectivity index (χ2n) is 11.1. The van der Waals surface area contributed by atoms with Crippen LogP contribution in [0.3, 0.4) is 0 Å². The minimum absolute atomic E-state index is 0.0495. The van der Waals surface area contributed by atoms with E-state index in [4.69, 9.17) is 21.7 Å². The van der Waals surface area contributed by atoms with Crippen molar-refractivity contribution in [1.29, 1.82) is 0 Å². The molecule has 1 atom stereocenters. The molecular formula is C31H52NO4S2+. The van der Waals surface area contributed by atoms with Crippen LogP contribution in [0.2, 0.25) is 0 Å². The Labute approximate surface area is 242 Å². The lowest BCUT2D eigenvalue weighted by atomic mass is 10.0. The van der Waals surface area contributed by atoms with E-state index in [0.717, 1.165) is 67.8 Å². The van der Waals surface area contributed by atoms with E-state index in [0.29, 0.717) is 35.7 Å². The Bertz CT molecular complexity index is 780. The van der Waals surface area contributed by atoms with E-state index < -0.39 is 0 Å². The topological polar surface area (TPSA) is 52.6 Å². The fourth-order valence-electron chi connectivity index (χ4n) is 4.26. The molecule has 1 aromatic rings. The smallest absolute Gasteiger partial charge is 0.305 e. The lowest BCUT2D eigenvalue weighted by molar-refractivity contribution is -0.870. The summed E-state index contributed by atoms with van der Waals surface area (Å²) in [6.07, 6.45) is 14.0. The Morgan fingerprint density at radius 1 is 0.816 bits per heavy atom. The molecule has 0 radical (unpaired) electrons. The Morgan fingerprint density at radius 3 is 2.13 bits per heavy atom. The molecule has 0 aromatic heterocycles. The first kappa shape index (κ1) is 34.6. The SMILES string of the molecule is CCOC(=S)SC(CCCCCCCCC(=O)OCCCCCC[N+](C)(C)C)CCC(=O)c1ccccc1. The molecule has 0 aliphatic carbocycles. The summed E-state index contributed by atoms with van der Waals surface area (Å²) in [5, 5.41) is 0.300. The summed E-state index contributed by atoms with van der Waals surface area (Å²) < 4.78 is 12.5. The van der Waals surface area contributed by atoms with Gasteiger partial charge in [0.05, 0.1) is 40.9 Å². The maximum Gasteiger partial charge on any atom is 0.305 e. The van der Waals surface area contributed by atoms with Crippen LogP contribution in [0.1, 0.15) is 107 Å². The van der Waals surface area contributed by atoms with Crippen LogP contribution in [0.25, 0.3) is 0 Å². The highest BCUT2D eigenvalue weighted by Crippen LogP contribution is 2.26. The molecule has 216 valence electrons. The van der Waals surface area contributed by atoms with Gasteiger partial charge in [0.2, 0.25) is 4.38 Å². The number of rotatable bonds is 22. The fraction of sp³-hybridized carbons (Fsp3) is 0.710. The molecule has 0 aliphatic heterocycles. The van der Waals surface area contributed by atoms with Crippen molar-refractivity contribution in [3.8, 4) is 0 Å². The van der Waals surface area contributed by atoms with Gasteiger partial charge in [0, 0.05) is 23.7 Å². The molecule has 0 heterocycles. The molecule has 38 heavy (non-hydrogen) atoms. The van der Waals surface area contributed by atoms with Crippen molar-refractivity contribution in [2.75, 3.05) is 40.9 Å². The quantitative estimate of drug-likeness (QED) is 0.0466. The largest absolute Gasteiger partial charge is 0.479 e. The van der Waals surface area contributed by atoms with Crippen molar-refractivity contribution in [3.63, 3.8) is 0 Å². The standard InChI is InChI=1S/C31H52NO4S2/c1-5-35-31(37)38-28(23-24-29(33)27-19-13-12-14-20-27)21-15-8-6-7-9-16-22-30(34)36-26-18-11-10-17-25-32(2,3)4/h12-14,19-20,28H,5-11,15-18,21-26H2,1-4H3/q+1. The molecule has 5 nitrogen and oxygen atoms in total. The highest BCUT2D eigenvalue weighted by atomic mass is 32.2. The number of nitrogens with zero attached hydrogens (tertiary/aromatic N) is 1. The molecule has 0 fully saturated rings. The van der Waals surface area contributed by atoms with Gasteiger partial charge in [-0.3, -0.25) is 9.59 Å². The van der Waals surface area contributed by atoms with Crippen LogP contribution >= 0.6 is 24.0 Å². The molecule has 1 unspecified atom stereocenters. The van der Waals surface area contributed by atoms with E-state index in [1.807, 2.05) is 37.3 Å². The first-order valence-corrected chi connectivity index (χ1v) is 15.9. The number of quaternary nitrogens is 1. The highest BCUT2D eigenvalue weighted by molar-refractivity contribution is 8.23. The van der Waals surface area contributed by atoms with Gasteiger partial charge in [0.1, 0.15) is 0 Å². The fourth-order valence-corrected chi connectivity index (χ4v) is 5.76. The summed E-state index contributed by atoms with van der Waals surface area (Å²) in [5.74, 6) is 0.138. The summed E-state index contributed by atoms with van der Waals surface area (Å²) in [6, 6.07) is 9.50. The van der Waals surface area contributed by atoms with Crippen LogP contribution in [0.15, 0.2) is 30.3 Å². The van der Waals surface area contributed by atoms with Crippen LogP contribution in [0.5, 0.6) is 0 Å². The first-order valence-electron chi connectivity index (χ1n) is 14.6. The zero-order valence-corrected chi connectivity index (χ0v) is 26.0. The van der Waals surface area contributed by atoms with Crippen molar-refractivity contribution in [2.45, 2.75) is 102 Å². The normalized spacial score (nSPS) is 12.2. The van der Waals surface area contributed by atoms with E-state index in [9.17, 15) is 9.59 Å². The monoisotopic (exact) mass is 566 g/mol. The summed E-state index contributed by atoms with van der Waals surface area (Å²) >= 11 is 6.95. The molecule has 0 saturated carbocycles. The maximum absolute atomic E-state index is 12.5. The van der Waals surface area contributed by atoms with Gasteiger partial charge in [-0.2, -0.15) is 0 Å². The molecule has 7 heteroatoms. The van der Waals surface area contributed by atoms with Gasteiger partial charge < -0.3 is 14.0 Å². The lowest BCUT2D eigenvalue weighted by Crippen LogP contribution is -2.35. The Kier molecular flexibility index (Phi) is 19.5. The first-order chi connectivity index (χ1) is 18.2. The third kappa shape index (κ3) is 19.6. The maximum atomic E-state index is 12.5.